The summed E-state index contributed by atoms with van der Waals surface area (Å²) in [7, 11) is -1.91. The largest absolute Gasteiger partial charge is 0.452 e. The number of aryl methyl sites for hydroxylation is 1. The second-order valence-electron chi connectivity index (χ2n) is 4.47. The lowest BCUT2D eigenvalue weighted by Gasteiger charge is -2.06. The Kier molecular flexibility index (Phi) is 5.15. The van der Waals surface area contributed by atoms with Crippen molar-refractivity contribution in [2.24, 2.45) is 0 Å². The van der Waals surface area contributed by atoms with Gasteiger partial charge in [0, 0.05) is 12.3 Å². The van der Waals surface area contributed by atoms with Crippen LogP contribution in [0.2, 0.25) is 0 Å². The Balaban J connectivity index is 2.17. The van der Waals surface area contributed by atoms with Crippen LogP contribution in [-0.2, 0) is 23.1 Å². The van der Waals surface area contributed by atoms with Gasteiger partial charge in [0.15, 0.2) is 4.67 Å². The highest BCUT2D eigenvalue weighted by Gasteiger charge is 2.22. The summed E-state index contributed by atoms with van der Waals surface area (Å²) in [5.74, 6) is 0.541. The predicted octanol–water partition coefficient (Wildman–Crippen LogP) is 1.94. The molecule has 0 aliphatic heterocycles. The van der Waals surface area contributed by atoms with Crippen LogP contribution in [0, 0.1) is 6.92 Å². The van der Waals surface area contributed by atoms with Crippen molar-refractivity contribution in [1.82, 2.24) is 15.0 Å². The van der Waals surface area contributed by atoms with Crippen LogP contribution in [0.3, 0.4) is 0 Å². The second kappa shape index (κ2) is 6.69. The number of aromatic nitrogens is 1. The first kappa shape index (κ1) is 16.2. The van der Waals surface area contributed by atoms with Crippen molar-refractivity contribution in [3.8, 4) is 0 Å². The van der Waals surface area contributed by atoms with Crippen LogP contribution in [0.4, 0.5) is 0 Å². The third-order valence-electron chi connectivity index (χ3n) is 2.89. The van der Waals surface area contributed by atoms with Gasteiger partial charge in [-0.15, -0.1) is 0 Å². The average molecular weight is 374 g/mol. The van der Waals surface area contributed by atoms with Crippen molar-refractivity contribution < 1.29 is 12.8 Å². The summed E-state index contributed by atoms with van der Waals surface area (Å²) in [6.07, 6.45) is 1.63. The normalized spacial score (nSPS) is 11.8. The highest BCUT2D eigenvalue weighted by Crippen LogP contribution is 2.26. The molecule has 0 aliphatic carbocycles. The number of sulfonamides is 1. The van der Waals surface area contributed by atoms with E-state index >= 15 is 0 Å². The van der Waals surface area contributed by atoms with E-state index in [1.807, 2.05) is 19.1 Å². The summed E-state index contributed by atoms with van der Waals surface area (Å²) in [4.78, 5) is 4.24. The molecule has 0 spiro atoms. The number of hydrogen-bond donors (Lipinski definition) is 2. The summed E-state index contributed by atoms with van der Waals surface area (Å²) >= 11 is 3.13. The fourth-order valence-corrected chi connectivity index (χ4v) is 3.77. The molecule has 0 fully saturated rings. The molecule has 0 atom stereocenters. The number of hydrogen-bond acceptors (Lipinski definition) is 5. The van der Waals surface area contributed by atoms with Crippen molar-refractivity contribution >= 4 is 26.0 Å². The number of furan rings is 1. The van der Waals surface area contributed by atoms with Gasteiger partial charge in [0.25, 0.3) is 0 Å². The van der Waals surface area contributed by atoms with E-state index < -0.39 is 10.0 Å². The number of pyridine rings is 1. The van der Waals surface area contributed by atoms with Crippen molar-refractivity contribution in [3.05, 3.63) is 46.1 Å². The van der Waals surface area contributed by atoms with Crippen molar-refractivity contribution in [2.75, 3.05) is 7.05 Å². The van der Waals surface area contributed by atoms with Crippen LogP contribution in [0.1, 0.15) is 17.0 Å². The minimum Gasteiger partial charge on any atom is -0.452 e. The molecule has 0 radical (unpaired) electrons. The molecule has 2 rings (SSSR count). The van der Waals surface area contributed by atoms with Gasteiger partial charge in [-0.1, -0.05) is 6.07 Å². The zero-order chi connectivity index (χ0) is 15.5. The van der Waals surface area contributed by atoms with E-state index in [-0.39, 0.29) is 16.1 Å². The molecule has 0 saturated heterocycles. The number of halogens is 1. The third-order valence-corrected chi connectivity index (χ3v) is 5.15. The first-order chi connectivity index (χ1) is 9.94. The molecule has 21 heavy (non-hydrogen) atoms. The van der Waals surface area contributed by atoms with Gasteiger partial charge in [0.05, 0.1) is 18.8 Å². The molecule has 0 aliphatic rings. The Morgan fingerprint density at radius 1 is 1.38 bits per heavy atom. The van der Waals surface area contributed by atoms with E-state index in [0.29, 0.717) is 18.0 Å². The molecular weight excluding hydrogens is 358 g/mol. The van der Waals surface area contributed by atoms with Gasteiger partial charge in [-0.25, -0.2) is 13.1 Å². The van der Waals surface area contributed by atoms with Crippen LogP contribution in [0.5, 0.6) is 0 Å². The van der Waals surface area contributed by atoms with E-state index in [2.05, 4.69) is 31.0 Å². The second-order valence-corrected chi connectivity index (χ2v) is 6.93. The first-order valence-corrected chi connectivity index (χ1v) is 8.54. The van der Waals surface area contributed by atoms with E-state index in [1.54, 1.807) is 13.2 Å². The van der Waals surface area contributed by atoms with Gasteiger partial charge < -0.3 is 9.73 Å². The summed E-state index contributed by atoms with van der Waals surface area (Å²) < 4.78 is 32.7. The molecule has 2 N–H and O–H groups in total. The van der Waals surface area contributed by atoms with Gasteiger partial charge in [-0.3, -0.25) is 4.98 Å². The number of rotatable bonds is 6. The lowest BCUT2D eigenvalue weighted by molar-refractivity contribution is 0.470. The summed E-state index contributed by atoms with van der Waals surface area (Å²) in [6, 6.07) is 5.19. The molecule has 8 heteroatoms. The molecule has 0 aromatic carbocycles. The highest BCUT2D eigenvalue weighted by molar-refractivity contribution is 9.10. The molecule has 2 aromatic heterocycles. The summed E-state index contributed by atoms with van der Waals surface area (Å²) in [5, 5.41) is 2.90. The minimum absolute atomic E-state index is 0.0846. The maximum atomic E-state index is 12.3. The van der Waals surface area contributed by atoms with Crippen molar-refractivity contribution in [3.63, 3.8) is 0 Å². The average Bonchev–Trinajstić information content (AvgIpc) is 2.80. The van der Waals surface area contributed by atoms with E-state index in [4.69, 9.17) is 4.42 Å². The maximum absolute atomic E-state index is 12.3. The topological polar surface area (TPSA) is 84.2 Å². The number of nitrogens with one attached hydrogen (secondary N) is 2. The molecule has 0 unspecified atom stereocenters. The van der Waals surface area contributed by atoms with Crippen LogP contribution < -0.4 is 10.0 Å². The molecule has 114 valence electrons. The minimum atomic E-state index is -3.66. The van der Waals surface area contributed by atoms with Crippen molar-refractivity contribution in [2.45, 2.75) is 24.9 Å². The Labute approximate surface area is 132 Å². The van der Waals surface area contributed by atoms with Crippen LogP contribution in [0.15, 0.2) is 38.4 Å². The maximum Gasteiger partial charge on any atom is 0.245 e. The molecule has 0 amide bonds. The Hall–Kier alpha value is -1.22. The highest BCUT2D eigenvalue weighted by atomic mass is 79.9. The van der Waals surface area contributed by atoms with E-state index in [0.717, 1.165) is 5.56 Å². The number of nitrogens with zero attached hydrogens (tertiary/aromatic N) is 1. The van der Waals surface area contributed by atoms with Crippen LogP contribution >= 0.6 is 15.9 Å². The zero-order valence-electron chi connectivity index (χ0n) is 11.7. The van der Waals surface area contributed by atoms with E-state index in [1.165, 1.54) is 6.07 Å². The Morgan fingerprint density at radius 3 is 2.81 bits per heavy atom. The molecule has 2 aromatic rings. The monoisotopic (exact) mass is 373 g/mol. The van der Waals surface area contributed by atoms with Crippen LogP contribution in [-0.4, -0.2) is 20.4 Å². The van der Waals surface area contributed by atoms with Gasteiger partial charge in [-0.05, 0) is 41.5 Å². The standard InChI is InChI=1S/C13H16BrN3O3S/c1-9-4-3-5-16-11(9)8-17-21(18,19)12-6-10(7-15-2)20-13(12)14/h3-6,15,17H,7-8H2,1-2H3. The summed E-state index contributed by atoms with van der Waals surface area (Å²) in [5.41, 5.74) is 1.62. The quantitative estimate of drug-likeness (QED) is 0.808. The summed E-state index contributed by atoms with van der Waals surface area (Å²) in [6.45, 7) is 2.47. The lowest BCUT2D eigenvalue weighted by Crippen LogP contribution is -2.24. The zero-order valence-corrected chi connectivity index (χ0v) is 14.1. The molecule has 6 nitrogen and oxygen atoms in total. The van der Waals surface area contributed by atoms with Crippen LogP contribution in [0.25, 0.3) is 0 Å². The fourth-order valence-electron chi connectivity index (χ4n) is 1.79. The lowest BCUT2D eigenvalue weighted by atomic mass is 10.2. The Bertz CT molecular complexity index is 728. The van der Waals surface area contributed by atoms with E-state index in [9.17, 15) is 8.42 Å². The molecule has 2 heterocycles. The first-order valence-electron chi connectivity index (χ1n) is 6.27. The van der Waals surface area contributed by atoms with Crippen molar-refractivity contribution in [1.29, 1.82) is 0 Å². The molecule has 0 bridgehead atoms. The SMILES string of the molecule is CNCc1cc(S(=O)(=O)NCc2ncccc2C)c(Br)o1. The predicted molar refractivity (Wildman–Crippen MR) is 82.2 cm³/mol. The van der Waals surface area contributed by atoms with Gasteiger partial charge in [0.2, 0.25) is 10.0 Å². The molecular formula is C13H16BrN3O3S. The smallest absolute Gasteiger partial charge is 0.245 e. The third kappa shape index (κ3) is 3.91. The Morgan fingerprint density at radius 2 is 2.14 bits per heavy atom. The van der Waals surface area contributed by atoms with Gasteiger partial charge >= 0.3 is 0 Å². The fraction of sp³-hybridized carbons (Fsp3) is 0.308. The van der Waals surface area contributed by atoms with Gasteiger partial charge in [-0.2, -0.15) is 0 Å². The van der Waals surface area contributed by atoms with Gasteiger partial charge in [0.1, 0.15) is 10.7 Å². The molecule has 0 saturated carbocycles.